The number of hydrogen-bond acceptors (Lipinski definition) is 1. The van der Waals surface area contributed by atoms with Gasteiger partial charge in [-0.3, -0.25) is 0 Å². The third-order valence-electron chi connectivity index (χ3n) is 0.916. The van der Waals surface area contributed by atoms with Gasteiger partial charge in [0.1, 0.15) is 8.07 Å². The lowest BCUT2D eigenvalue weighted by Gasteiger charge is -2.02. The van der Waals surface area contributed by atoms with Gasteiger partial charge in [0, 0.05) is 6.42 Å². The van der Waals surface area contributed by atoms with Gasteiger partial charge >= 0.3 is 0 Å². The molecule has 0 bridgehead atoms. The predicted molar refractivity (Wildman–Crippen MR) is 51.9 cm³/mol. The Morgan fingerprint density at radius 2 is 2.00 bits per heavy atom. The minimum Gasteiger partial charge on any atom is -0.505 e. The van der Waals surface area contributed by atoms with Gasteiger partial charge in [-0.1, -0.05) is 19.6 Å². The van der Waals surface area contributed by atoms with Gasteiger partial charge < -0.3 is 4.74 Å². The summed E-state index contributed by atoms with van der Waals surface area (Å²) in [6.07, 6.45) is 4.39. The molecule has 0 aromatic rings. The summed E-state index contributed by atoms with van der Waals surface area (Å²) in [5.41, 5.74) is 3.26. The van der Waals surface area contributed by atoms with Gasteiger partial charge in [-0.05, 0) is 6.08 Å². The third kappa shape index (κ3) is 9.32. The molecule has 0 spiro atoms. The molecule has 0 saturated carbocycles. The van der Waals surface area contributed by atoms with Gasteiger partial charge in [0.2, 0.25) is 0 Å². The second-order valence-electron chi connectivity index (χ2n) is 3.36. The molecule has 0 atom stereocenters. The fraction of sp³-hybridized carbons (Fsp3) is 0.556. The largest absolute Gasteiger partial charge is 0.505 e. The van der Waals surface area contributed by atoms with Gasteiger partial charge in [0.15, 0.2) is 0 Å². The molecule has 0 radical (unpaired) electrons. The lowest BCUT2D eigenvalue weighted by molar-refractivity contribution is 0.337. The SMILES string of the molecule is CO/C=C/CC#C[Si](C)(C)C. The highest BCUT2D eigenvalue weighted by Gasteiger charge is 2.06. The zero-order valence-electron chi connectivity index (χ0n) is 7.77. The number of ether oxygens (including phenoxy) is 1. The second-order valence-corrected chi connectivity index (χ2v) is 8.11. The maximum atomic E-state index is 4.74. The molecular formula is C9H16OSi. The van der Waals surface area contributed by atoms with Gasteiger partial charge in [-0.25, -0.2) is 0 Å². The summed E-state index contributed by atoms with van der Waals surface area (Å²) in [5, 5.41) is 0. The highest BCUT2D eigenvalue weighted by atomic mass is 28.3. The van der Waals surface area contributed by atoms with Crippen LogP contribution in [0.2, 0.25) is 19.6 Å². The standard InChI is InChI=1S/C9H16OSi/c1-10-8-6-5-7-9-11(2,3)4/h6,8H,5H2,1-4H3/b8-6+. The van der Waals surface area contributed by atoms with Crippen molar-refractivity contribution in [1.29, 1.82) is 0 Å². The van der Waals surface area contributed by atoms with Gasteiger partial charge in [-0.2, -0.15) is 0 Å². The maximum absolute atomic E-state index is 4.74. The Morgan fingerprint density at radius 1 is 1.36 bits per heavy atom. The molecule has 0 saturated heterocycles. The Hall–Kier alpha value is -0.683. The van der Waals surface area contributed by atoms with Crippen LogP contribution >= 0.6 is 0 Å². The fourth-order valence-corrected chi connectivity index (χ4v) is 1.15. The summed E-state index contributed by atoms with van der Waals surface area (Å²) in [4.78, 5) is 0. The molecule has 2 heteroatoms. The van der Waals surface area contributed by atoms with E-state index in [0.717, 1.165) is 6.42 Å². The molecule has 0 N–H and O–H groups in total. The Balaban J connectivity index is 3.65. The van der Waals surface area contributed by atoms with E-state index in [0.29, 0.717) is 0 Å². The smallest absolute Gasteiger partial charge is 0.129 e. The molecule has 0 rings (SSSR count). The zero-order valence-corrected chi connectivity index (χ0v) is 8.77. The molecule has 0 heterocycles. The second kappa shape index (κ2) is 5.03. The van der Waals surface area contributed by atoms with Crippen molar-refractivity contribution in [2.45, 2.75) is 26.1 Å². The van der Waals surface area contributed by atoms with E-state index in [1.54, 1.807) is 13.4 Å². The normalized spacial score (nSPS) is 10.9. The number of rotatable bonds is 2. The van der Waals surface area contributed by atoms with Gasteiger partial charge in [0.05, 0.1) is 13.4 Å². The summed E-state index contributed by atoms with van der Waals surface area (Å²) < 4.78 is 4.74. The molecule has 62 valence electrons. The van der Waals surface area contributed by atoms with Crippen LogP contribution in [0.5, 0.6) is 0 Å². The summed E-state index contributed by atoms with van der Waals surface area (Å²) in [5.74, 6) is 3.11. The lowest BCUT2D eigenvalue weighted by Crippen LogP contribution is -2.16. The highest BCUT2D eigenvalue weighted by Crippen LogP contribution is 1.96. The van der Waals surface area contributed by atoms with Crippen molar-refractivity contribution in [1.82, 2.24) is 0 Å². The quantitative estimate of drug-likeness (QED) is 0.349. The van der Waals surface area contributed by atoms with Crippen molar-refractivity contribution >= 4 is 8.07 Å². The first-order chi connectivity index (χ1) is 5.06. The van der Waals surface area contributed by atoms with E-state index in [1.165, 1.54) is 0 Å². The minimum absolute atomic E-state index is 0.804. The number of hydrogen-bond donors (Lipinski definition) is 0. The summed E-state index contributed by atoms with van der Waals surface area (Å²) >= 11 is 0. The Morgan fingerprint density at radius 3 is 2.45 bits per heavy atom. The summed E-state index contributed by atoms with van der Waals surface area (Å²) in [6, 6.07) is 0. The monoisotopic (exact) mass is 168 g/mol. The van der Waals surface area contributed by atoms with E-state index in [1.807, 2.05) is 6.08 Å². The molecule has 0 aromatic heterocycles. The zero-order chi connectivity index (χ0) is 8.74. The third-order valence-corrected chi connectivity index (χ3v) is 1.84. The molecule has 0 aliphatic rings. The van der Waals surface area contributed by atoms with Gasteiger partial charge in [-0.15, -0.1) is 11.5 Å². The Kier molecular flexibility index (Phi) is 4.72. The van der Waals surface area contributed by atoms with E-state index in [4.69, 9.17) is 4.74 Å². The van der Waals surface area contributed by atoms with Crippen LogP contribution in [0.15, 0.2) is 12.3 Å². The van der Waals surface area contributed by atoms with Crippen molar-refractivity contribution in [3.05, 3.63) is 12.3 Å². The minimum atomic E-state index is -1.15. The molecule has 0 aliphatic carbocycles. The van der Waals surface area contributed by atoms with Crippen LogP contribution in [0.25, 0.3) is 0 Å². The molecule has 1 nitrogen and oxygen atoms in total. The van der Waals surface area contributed by atoms with Crippen LogP contribution in [0.1, 0.15) is 6.42 Å². The summed E-state index contributed by atoms with van der Waals surface area (Å²) in [7, 11) is 0.488. The van der Waals surface area contributed by atoms with Crippen LogP contribution < -0.4 is 0 Å². The van der Waals surface area contributed by atoms with Crippen molar-refractivity contribution in [3.8, 4) is 11.5 Å². The van der Waals surface area contributed by atoms with E-state index in [9.17, 15) is 0 Å². The Bertz CT molecular complexity index is 178. The molecular weight excluding hydrogens is 152 g/mol. The van der Waals surface area contributed by atoms with Gasteiger partial charge in [0.25, 0.3) is 0 Å². The Labute approximate surface area is 70.5 Å². The number of methoxy groups -OCH3 is 1. The predicted octanol–water partition coefficient (Wildman–Crippen LogP) is 2.42. The molecule has 0 aromatic carbocycles. The average molecular weight is 168 g/mol. The highest BCUT2D eigenvalue weighted by molar-refractivity contribution is 6.83. The molecule has 0 aliphatic heterocycles. The average Bonchev–Trinajstić information content (AvgIpc) is 1.85. The van der Waals surface area contributed by atoms with Crippen molar-refractivity contribution < 1.29 is 4.74 Å². The van der Waals surface area contributed by atoms with E-state index in [-0.39, 0.29) is 0 Å². The first-order valence-corrected chi connectivity index (χ1v) is 7.24. The van der Waals surface area contributed by atoms with Crippen LogP contribution in [0.3, 0.4) is 0 Å². The van der Waals surface area contributed by atoms with Crippen LogP contribution in [-0.4, -0.2) is 15.2 Å². The summed E-state index contributed by atoms with van der Waals surface area (Å²) in [6.45, 7) is 6.71. The van der Waals surface area contributed by atoms with Crippen LogP contribution in [-0.2, 0) is 4.74 Å². The van der Waals surface area contributed by atoms with Crippen LogP contribution in [0, 0.1) is 11.5 Å². The first-order valence-electron chi connectivity index (χ1n) is 3.74. The van der Waals surface area contributed by atoms with E-state index < -0.39 is 8.07 Å². The van der Waals surface area contributed by atoms with Crippen molar-refractivity contribution in [3.63, 3.8) is 0 Å². The number of allylic oxidation sites excluding steroid dienone is 1. The van der Waals surface area contributed by atoms with Crippen molar-refractivity contribution in [2.75, 3.05) is 7.11 Å². The lowest BCUT2D eigenvalue weighted by atomic mass is 10.4. The van der Waals surface area contributed by atoms with E-state index in [2.05, 4.69) is 31.1 Å². The molecule has 11 heavy (non-hydrogen) atoms. The molecule has 0 unspecified atom stereocenters. The fourth-order valence-electron chi connectivity index (χ4n) is 0.519. The van der Waals surface area contributed by atoms with Crippen LogP contribution in [0.4, 0.5) is 0 Å². The van der Waals surface area contributed by atoms with Crippen molar-refractivity contribution in [2.24, 2.45) is 0 Å². The maximum Gasteiger partial charge on any atom is 0.129 e. The van der Waals surface area contributed by atoms with E-state index >= 15 is 0 Å². The molecule has 0 amide bonds. The first kappa shape index (κ1) is 10.3. The molecule has 0 fully saturated rings. The topological polar surface area (TPSA) is 9.23 Å².